The molecular formula is C13H14FN3. The monoisotopic (exact) mass is 231 g/mol. The minimum absolute atomic E-state index is 0.206. The van der Waals surface area contributed by atoms with Crippen molar-refractivity contribution in [3.05, 3.63) is 42.0 Å². The third-order valence-electron chi connectivity index (χ3n) is 2.42. The zero-order chi connectivity index (χ0) is 12.4. The molecule has 88 valence electrons. The molecule has 2 rings (SSSR count). The fraction of sp³-hybridized carbons (Fsp3) is 0.231. The van der Waals surface area contributed by atoms with Gasteiger partial charge in [-0.3, -0.25) is 0 Å². The Morgan fingerprint density at radius 1 is 1.12 bits per heavy atom. The van der Waals surface area contributed by atoms with Gasteiger partial charge in [-0.05, 0) is 24.3 Å². The smallest absolute Gasteiger partial charge is 0.133 e. The van der Waals surface area contributed by atoms with Crippen molar-refractivity contribution in [2.75, 3.05) is 5.73 Å². The molecule has 4 heteroatoms. The minimum atomic E-state index is -0.264. The van der Waals surface area contributed by atoms with Gasteiger partial charge in [-0.1, -0.05) is 13.8 Å². The van der Waals surface area contributed by atoms with Crippen molar-refractivity contribution in [1.29, 1.82) is 0 Å². The van der Waals surface area contributed by atoms with Gasteiger partial charge >= 0.3 is 0 Å². The van der Waals surface area contributed by atoms with Crippen LogP contribution in [0.5, 0.6) is 0 Å². The second kappa shape index (κ2) is 4.49. The molecule has 3 nitrogen and oxygen atoms in total. The number of nitrogens with zero attached hydrogens (tertiary/aromatic N) is 2. The standard InChI is InChI=1S/C13H14FN3/c1-8(2)13-16-11(7-12(15)17-13)9-3-5-10(14)6-4-9/h3-8H,1-2H3,(H2,15,16,17). The highest BCUT2D eigenvalue weighted by molar-refractivity contribution is 5.61. The largest absolute Gasteiger partial charge is 0.384 e. The second-order valence-electron chi connectivity index (χ2n) is 4.20. The lowest BCUT2D eigenvalue weighted by molar-refractivity contribution is 0.628. The summed E-state index contributed by atoms with van der Waals surface area (Å²) in [5.41, 5.74) is 7.30. The highest BCUT2D eigenvalue weighted by Crippen LogP contribution is 2.21. The van der Waals surface area contributed by atoms with Gasteiger partial charge in [0.05, 0.1) is 5.69 Å². The Labute approximate surface area is 99.5 Å². The highest BCUT2D eigenvalue weighted by Gasteiger charge is 2.08. The molecule has 2 aromatic rings. The quantitative estimate of drug-likeness (QED) is 0.864. The van der Waals surface area contributed by atoms with Gasteiger partial charge in [0.25, 0.3) is 0 Å². The first-order valence-corrected chi connectivity index (χ1v) is 5.46. The predicted octanol–water partition coefficient (Wildman–Crippen LogP) is 2.99. The zero-order valence-electron chi connectivity index (χ0n) is 9.81. The van der Waals surface area contributed by atoms with Crippen LogP contribution in [0.1, 0.15) is 25.6 Å². The molecule has 0 aliphatic rings. The molecule has 1 aromatic heterocycles. The van der Waals surface area contributed by atoms with E-state index in [1.165, 1.54) is 12.1 Å². The van der Waals surface area contributed by atoms with Crippen LogP contribution in [0.15, 0.2) is 30.3 Å². The summed E-state index contributed by atoms with van der Waals surface area (Å²) in [5.74, 6) is 1.07. The molecule has 0 saturated heterocycles. The maximum Gasteiger partial charge on any atom is 0.133 e. The summed E-state index contributed by atoms with van der Waals surface area (Å²) in [6.45, 7) is 4.01. The van der Waals surface area contributed by atoms with Crippen LogP contribution >= 0.6 is 0 Å². The molecule has 1 heterocycles. The average molecular weight is 231 g/mol. The first kappa shape index (κ1) is 11.5. The van der Waals surface area contributed by atoms with Gasteiger partial charge in [-0.2, -0.15) is 0 Å². The van der Waals surface area contributed by atoms with E-state index >= 15 is 0 Å². The van der Waals surface area contributed by atoms with Crippen LogP contribution in [0, 0.1) is 5.82 Å². The topological polar surface area (TPSA) is 51.8 Å². The SMILES string of the molecule is CC(C)c1nc(N)cc(-c2ccc(F)cc2)n1. The summed E-state index contributed by atoms with van der Waals surface area (Å²) in [7, 11) is 0. The summed E-state index contributed by atoms with van der Waals surface area (Å²) >= 11 is 0. The summed E-state index contributed by atoms with van der Waals surface area (Å²) in [6.07, 6.45) is 0. The molecule has 0 aliphatic heterocycles. The molecule has 0 spiro atoms. The summed E-state index contributed by atoms with van der Waals surface area (Å²) in [6, 6.07) is 7.87. The van der Waals surface area contributed by atoms with Crippen molar-refractivity contribution in [1.82, 2.24) is 9.97 Å². The van der Waals surface area contributed by atoms with E-state index in [1.807, 2.05) is 13.8 Å². The van der Waals surface area contributed by atoms with E-state index in [9.17, 15) is 4.39 Å². The van der Waals surface area contributed by atoms with E-state index in [0.717, 1.165) is 11.3 Å². The molecule has 0 fully saturated rings. The van der Waals surface area contributed by atoms with Crippen LogP contribution in [-0.4, -0.2) is 9.97 Å². The zero-order valence-corrected chi connectivity index (χ0v) is 9.81. The normalized spacial score (nSPS) is 10.8. The van der Waals surface area contributed by atoms with E-state index in [-0.39, 0.29) is 11.7 Å². The van der Waals surface area contributed by atoms with Gasteiger partial charge in [0.1, 0.15) is 17.5 Å². The van der Waals surface area contributed by atoms with E-state index in [2.05, 4.69) is 9.97 Å². The molecule has 17 heavy (non-hydrogen) atoms. The van der Waals surface area contributed by atoms with E-state index in [1.54, 1.807) is 18.2 Å². The Kier molecular flexibility index (Phi) is 3.04. The maximum atomic E-state index is 12.8. The Hall–Kier alpha value is -1.97. The molecule has 0 saturated carbocycles. The lowest BCUT2D eigenvalue weighted by Gasteiger charge is -2.08. The molecule has 0 radical (unpaired) electrons. The van der Waals surface area contributed by atoms with Crippen molar-refractivity contribution in [3.8, 4) is 11.3 Å². The number of nitrogens with two attached hydrogens (primary N) is 1. The minimum Gasteiger partial charge on any atom is -0.384 e. The number of rotatable bonds is 2. The van der Waals surface area contributed by atoms with Crippen LogP contribution in [0.25, 0.3) is 11.3 Å². The number of hydrogen-bond acceptors (Lipinski definition) is 3. The highest BCUT2D eigenvalue weighted by atomic mass is 19.1. The van der Waals surface area contributed by atoms with Crippen molar-refractivity contribution < 1.29 is 4.39 Å². The van der Waals surface area contributed by atoms with Gasteiger partial charge in [0.15, 0.2) is 0 Å². The van der Waals surface area contributed by atoms with E-state index < -0.39 is 0 Å². The first-order chi connectivity index (χ1) is 8.06. The van der Waals surface area contributed by atoms with Gasteiger partial charge in [-0.25, -0.2) is 14.4 Å². The van der Waals surface area contributed by atoms with E-state index in [4.69, 9.17) is 5.73 Å². The van der Waals surface area contributed by atoms with Crippen molar-refractivity contribution >= 4 is 5.82 Å². The number of nitrogen functional groups attached to an aromatic ring is 1. The fourth-order valence-corrected chi connectivity index (χ4v) is 1.51. The van der Waals surface area contributed by atoms with Crippen LogP contribution in [-0.2, 0) is 0 Å². The van der Waals surface area contributed by atoms with Crippen molar-refractivity contribution in [2.45, 2.75) is 19.8 Å². The summed E-state index contributed by atoms with van der Waals surface area (Å²) in [4.78, 5) is 8.59. The molecule has 0 aliphatic carbocycles. The maximum absolute atomic E-state index is 12.8. The average Bonchev–Trinajstić information content (AvgIpc) is 2.29. The summed E-state index contributed by atoms with van der Waals surface area (Å²) < 4.78 is 12.8. The third-order valence-corrected chi connectivity index (χ3v) is 2.42. The van der Waals surface area contributed by atoms with Gasteiger partial charge in [0.2, 0.25) is 0 Å². The Morgan fingerprint density at radius 2 is 1.76 bits per heavy atom. The van der Waals surface area contributed by atoms with Crippen LogP contribution in [0.2, 0.25) is 0 Å². The molecule has 0 atom stereocenters. The predicted molar refractivity (Wildman–Crippen MR) is 65.9 cm³/mol. The molecule has 1 aromatic carbocycles. The van der Waals surface area contributed by atoms with Crippen LogP contribution in [0.3, 0.4) is 0 Å². The lowest BCUT2D eigenvalue weighted by Crippen LogP contribution is -2.02. The number of benzene rings is 1. The molecule has 0 unspecified atom stereocenters. The van der Waals surface area contributed by atoms with Gasteiger partial charge < -0.3 is 5.73 Å². The number of hydrogen-bond donors (Lipinski definition) is 1. The number of halogens is 1. The van der Waals surface area contributed by atoms with Gasteiger partial charge in [0, 0.05) is 17.5 Å². The van der Waals surface area contributed by atoms with E-state index in [0.29, 0.717) is 11.6 Å². The molecule has 0 bridgehead atoms. The Bertz CT molecular complexity index is 521. The first-order valence-electron chi connectivity index (χ1n) is 5.46. The number of aromatic nitrogens is 2. The summed E-state index contributed by atoms with van der Waals surface area (Å²) in [5, 5.41) is 0. The third kappa shape index (κ3) is 2.58. The van der Waals surface area contributed by atoms with Crippen LogP contribution in [0.4, 0.5) is 10.2 Å². The lowest BCUT2D eigenvalue weighted by atomic mass is 10.1. The van der Waals surface area contributed by atoms with Crippen molar-refractivity contribution in [2.24, 2.45) is 0 Å². The Balaban J connectivity index is 2.48. The van der Waals surface area contributed by atoms with Gasteiger partial charge in [-0.15, -0.1) is 0 Å². The fourth-order valence-electron chi connectivity index (χ4n) is 1.51. The Morgan fingerprint density at radius 3 is 2.35 bits per heavy atom. The molecule has 2 N–H and O–H groups in total. The molecular weight excluding hydrogens is 217 g/mol. The number of anilines is 1. The van der Waals surface area contributed by atoms with Crippen molar-refractivity contribution in [3.63, 3.8) is 0 Å². The second-order valence-corrected chi connectivity index (χ2v) is 4.20. The van der Waals surface area contributed by atoms with Crippen LogP contribution < -0.4 is 5.73 Å². The molecule has 0 amide bonds.